The first-order valence-corrected chi connectivity index (χ1v) is 9.91. The van der Waals surface area contributed by atoms with Gasteiger partial charge in [-0.3, -0.25) is 9.89 Å². The van der Waals surface area contributed by atoms with Crippen molar-refractivity contribution in [1.82, 2.24) is 20.3 Å². The van der Waals surface area contributed by atoms with Gasteiger partial charge in [0.2, 0.25) is 0 Å². The van der Waals surface area contributed by atoms with E-state index in [9.17, 15) is 5.11 Å². The number of guanidine groups is 1. The summed E-state index contributed by atoms with van der Waals surface area (Å²) < 4.78 is 10.6. The number of piperazine rings is 1. The lowest BCUT2D eigenvalue weighted by molar-refractivity contribution is 0.0300. The molecule has 1 unspecified atom stereocenters. The monoisotopic (exact) mass is 381 g/mol. The lowest BCUT2D eigenvalue weighted by Crippen LogP contribution is -2.52. The van der Waals surface area contributed by atoms with Crippen LogP contribution < -0.4 is 5.32 Å². The standard InChI is InChI=1S/C19H35N5O3/c1-5-20-19(21-11-18(25)14-26-13-15(2)3)24-8-6-23(7-9-24)12-17-10-16(4)27-22-17/h10,15,18,25H,5-9,11-14H2,1-4H3,(H,20,21). The zero-order chi connectivity index (χ0) is 19.6. The maximum absolute atomic E-state index is 10.1. The van der Waals surface area contributed by atoms with Crippen LogP contribution in [0.1, 0.15) is 32.2 Å². The van der Waals surface area contributed by atoms with E-state index in [2.05, 4.69) is 46.0 Å². The van der Waals surface area contributed by atoms with Gasteiger partial charge in [0, 0.05) is 51.9 Å². The molecule has 2 N–H and O–H groups in total. The molecule has 1 aliphatic heterocycles. The van der Waals surface area contributed by atoms with Gasteiger partial charge in [-0.2, -0.15) is 0 Å². The second-order valence-electron chi connectivity index (χ2n) is 7.47. The summed E-state index contributed by atoms with van der Waals surface area (Å²) in [6.45, 7) is 14.8. The molecule has 0 saturated carbocycles. The topological polar surface area (TPSA) is 86.4 Å². The molecule has 27 heavy (non-hydrogen) atoms. The number of hydrogen-bond acceptors (Lipinski definition) is 6. The fraction of sp³-hybridized carbons (Fsp3) is 0.789. The number of rotatable bonds is 9. The average molecular weight is 382 g/mol. The van der Waals surface area contributed by atoms with Crippen molar-refractivity contribution in [2.45, 2.75) is 40.3 Å². The predicted octanol–water partition coefficient (Wildman–Crippen LogP) is 1.10. The minimum atomic E-state index is -0.575. The molecule has 0 bridgehead atoms. The van der Waals surface area contributed by atoms with E-state index in [1.54, 1.807) is 0 Å². The second kappa shape index (κ2) is 11.3. The molecule has 0 amide bonds. The van der Waals surface area contributed by atoms with E-state index in [0.29, 0.717) is 25.7 Å². The number of hydrogen-bond donors (Lipinski definition) is 2. The first-order valence-electron chi connectivity index (χ1n) is 9.91. The first kappa shape index (κ1) is 21.7. The SMILES string of the molecule is CCNC(=NCC(O)COCC(C)C)N1CCN(Cc2cc(C)on2)CC1. The van der Waals surface area contributed by atoms with Crippen molar-refractivity contribution in [3.8, 4) is 0 Å². The Labute approximate surface area is 162 Å². The Kier molecular flexibility index (Phi) is 9.03. The summed E-state index contributed by atoms with van der Waals surface area (Å²) in [5.41, 5.74) is 0.978. The molecule has 2 rings (SSSR count). The molecule has 1 fully saturated rings. The number of nitrogens with one attached hydrogen (secondary N) is 1. The van der Waals surface area contributed by atoms with Gasteiger partial charge in [0.15, 0.2) is 5.96 Å². The number of aliphatic hydroxyl groups excluding tert-OH is 1. The summed E-state index contributed by atoms with van der Waals surface area (Å²) in [6.07, 6.45) is -0.575. The average Bonchev–Trinajstić information content (AvgIpc) is 3.04. The highest BCUT2D eigenvalue weighted by Gasteiger charge is 2.20. The minimum absolute atomic E-state index is 0.325. The Morgan fingerprint density at radius 2 is 2.07 bits per heavy atom. The summed E-state index contributed by atoms with van der Waals surface area (Å²) in [7, 11) is 0. The van der Waals surface area contributed by atoms with Crippen LogP contribution in [-0.2, 0) is 11.3 Å². The molecular formula is C19H35N5O3. The molecule has 1 aromatic rings. The molecule has 2 heterocycles. The zero-order valence-electron chi connectivity index (χ0n) is 17.1. The van der Waals surface area contributed by atoms with E-state index in [1.807, 2.05) is 13.0 Å². The molecule has 0 aromatic carbocycles. The van der Waals surface area contributed by atoms with Gasteiger partial charge in [-0.15, -0.1) is 0 Å². The highest BCUT2D eigenvalue weighted by molar-refractivity contribution is 5.80. The quantitative estimate of drug-likeness (QED) is 0.489. The maximum Gasteiger partial charge on any atom is 0.194 e. The lowest BCUT2D eigenvalue weighted by atomic mass is 10.2. The largest absolute Gasteiger partial charge is 0.389 e. The van der Waals surface area contributed by atoms with Gasteiger partial charge in [-0.25, -0.2) is 0 Å². The van der Waals surface area contributed by atoms with Gasteiger partial charge in [0.1, 0.15) is 5.76 Å². The number of aryl methyl sites for hydroxylation is 1. The number of aliphatic hydroxyl groups is 1. The number of aromatic nitrogens is 1. The van der Waals surface area contributed by atoms with Gasteiger partial charge in [0.05, 0.1) is 24.9 Å². The summed E-state index contributed by atoms with van der Waals surface area (Å²) >= 11 is 0. The van der Waals surface area contributed by atoms with Crippen LogP contribution in [0.2, 0.25) is 0 Å². The van der Waals surface area contributed by atoms with Crippen molar-refractivity contribution in [2.24, 2.45) is 10.9 Å². The fourth-order valence-electron chi connectivity index (χ4n) is 2.95. The third kappa shape index (κ3) is 7.86. The summed E-state index contributed by atoms with van der Waals surface area (Å²) in [4.78, 5) is 9.22. The van der Waals surface area contributed by atoms with Crippen LogP contribution in [0.3, 0.4) is 0 Å². The minimum Gasteiger partial charge on any atom is -0.389 e. The first-order chi connectivity index (χ1) is 13.0. The molecule has 0 radical (unpaired) electrons. The zero-order valence-corrected chi connectivity index (χ0v) is 17.1. The Bertz CT molecular complexity index is 567. The normalized spacial score (nSPS) is 17.6. The van der Waals surface area contributed by atoms with Gasteiger partial charge >= 0.3 is 0 Å². The molecule has 1 atom stereocenters. The summed E-state index contributed by atoms with van der Waals surface area (Å²) in [5.74, 6) is 2.17. The highest BCUT2D eigenvalue weighted by Crippen LogP contribution is 2.09. The van der Waals surface area contributed by atoms with Crippen molar-refractivity contribution in [3.05, 3.63) is 17.5 Å². The summed E-state index contributed by atoms with van der Waals surface area (Å²) in [6, 6.07) is 1.99. The second-order valence-corrected chi connectivity index (χ2v) is 7.47. The van der Waals surface area contributed by atoms with Crippen LogP contribution in [-0.4, -0.2) is 84.6 Å². The van der Waals surface area contributed by atoms with Crippen LogP contribution in [0.15, 0.2) is 15.6 Å². The molecular weight excluding hydrogens is 346 g/mol. The Hall–Kier alpha value is -1.64. The maximum atomic E-state index is 10.1. The molecule has 154 valence electrons. The molecule has 8 heteroatoms. The van der Waals surface area contributed by atoms with Gasteiger partial charge < -0.3 is 24.6 Å². The van der Waals surface area contributed by atoms with Crippen molar-refractivity contribution in [2.75, 3.05) is 52.5 Å². The molecule has 1 saturated heterocycles. The van der Waals surface area contributed by atoms with Crippen LogP contribution in [0.5, 0.6) is 0 Å². The number of nitrogens with zero attached hydrogens (tertiary/aromatic N) is 4. The van der Waals surface area contributed by atoms with E-state index >= 15 is 0 Å². The Balaban J connectivity index is 1.78. The molecule has 8 nitrogen and oxygen atoms in total. The van der Waals surface area contributed by atoms with Crippen LogP contribution in [0, 0.1) is 12.8 Å². The number of aliphatic imine (C=N–C) groups is 1. The van der Waals surface area contributed by atoms with Crippen molar-refractivity contribution in [3.63, 3.8) is 0 Å². The van der Waals surface area contributed by atoms with E-state index in [1.165, 1.54) is 0 Å². The highest BCUT2D eigenvalue weighted by atomic mass is 16.5. The van der Waals surface area contributed by atoms with Gasteiger partial charge in [-0.1, -0.05) is 19.0 Å². The predicted molar refractivity (Wildman–Crippen MR) is 106 cm³/mol. The van der Waals surface area contributed by atoms with Crippen LogP contribution >= 0.6 is 0 Å². The molecule has 0 aliphatic carbocycles. The van der Waals surface area contributed by atoms with Crippen LogP contribution in [0.4, 0.5) is 0 Å². The lowest BCUT2D eigenvalue weighted by Gasteiger charge is -2.36. The third-order valence-corrected chi connectivity index (χ3v) is 4.28. The smallest absolute Gasteiger partial charge is 0.194 e. The van der Waals surface area contributed by atoms with Gasteiger partial charge in [0.25, 0.3) is 0 Å². The van der Waals surface area contributed by atoms with Crippen molar-refractivity contribution in [1.29, 1.82) is 0 Å². The summed E-state index contributed by atoms with van der Waals surface area (Å²) in [5, 5.41) is 17.5. The van der Waals surface area contributed by atoms with E-state index < -0.39 is 6.10 Å². The molecule has 1 aromatic heterocycles. The fourth-order valence-corrected chi connectivity index (χ4v) is 2.95. The Morgan fingerprint density at radius 3 is 2.67 bits per heavy atom. The van der Waals surface area contributed by atoms with Crippen molar-refractivity contribution < 1.29 is 14.4 Å². The van der Waals surface area contributed by atoms with Gasteiger partial charge in [-0.05, 0) is 19.8 Å². The third-order valence-electron chi connectivity index (χ3n) is 4.28. The van der Waals surface area contributed by atoms with Crippen LogP contribution in [0.25, 0.3) is 0 Å². The molecule has 0 spiro atoms. The Morgan fingerprint density at radius 1 is 1.33 bits per heavy atom. The molecule has 1 aliphatic rings. The van der Waals surface area contributed by atoms with E-state index in [-0.39, 0.29) is 0 Å². The van der Waals surface area contributed by atoms with E-state index in [0.717, 1.165) is 56.7 Å². The van der Waals surface area contributed by atoms with E-state index in [4.69, 9.17) is 9.26 Å². The number of ether oxygens (including phenoxy) is 1. The van der Waals surface area contributed by atoms with Crippen molar-refractivity contribution >= 4 is 5.96 Å².